The molecule has 2 N–H and O–H groups in total. The van der Waals surface area contributed by atoms with E-state index in [1.807, 2.05) is 25.4 Å². The Morgan fingerprint density at radius 3 is 2.94 bits per heavy atom. The fourth-order valence-electron chi connectivity index (χ4n) is 1.22. The van der Waals surface area contributed by atoms with Crippen molar-refractivity contribution in [3.63, 3.8) is 0 Å². The maximum atomic E-state index is 8.58. The number of thioether (sulfide) groups is 1. The molecule has 0 aliphatic heterocycles. The van der Waals surface area contributed by atoms with Crippen LogP contribution in [-0.4, -0.2) is 18.0 Å². The van der Waals surface area contributed by atoms with Crippen molar-refractivity contribution in [1.82, 2.24) is 5.32 Å². The molecular formula is C11H13ClN4S. The first-order valence-electron chi connectivity index (χ1n) is 5.02. The molecule has 0 atom stereocenters. The Bertz CT molecular complexity index is 453. The standard InChI is InChI=1S/C11H13ClN4S/c1-3-14-9-5-4-8(12)6-10(9)16-11(17-2)15-7-13/h4-6,14H,3H2,1-2H3,(H,15,16). The third-order valence-electron chi connectivity index (χ3n) is 1.91. The average Bonchev–Trinajstić information content (AvgIpc) is 2.32. The molecule has 1 aromatic rings. The van der Waals surface area contributed by atoms with Gasteiger partial charge in [-0.3, -0.25) is 5.32 Å². The number of aliphatic imine (C=N–C) groups is 1. The van der Waals surface area contributed by atoms with Crippen molar-refractivity contribution in [1.29, 1.82) is 5.26 Å². The minimum Gasteiger partial charge on any atom is -0.384 e. The van der Waals surface area contributed by atoms with Gasteiger partial charge in [-0.05, 0) is 31.4 Å². The highest BCUT2D eigenvalue weighted by Gasteiger charge is 2.03. The molecule has 0 spiro atoms. The van der Waals surface area contributed by atoms with Crippen LogP contribution in [0.2, 0.25) is 5.02 Å². The topological polar surface area (TPSA) is 60.2 Å². The highest BCUT2D eigenvalue weighted by molar-refractivity contribution is 8.13. The lowest BCUT2D eigenvalue weighted by Crippen LogP contribution is -2.12. The van der Waals surface area contributed by atoms with E-state index >= 15 is 0 Å². The van der Waals surface area contributed by atoms with E-state index in [4.69, 9.17) is 16.9 Å². The number of nitrogens with zero attached hydrogens (tertiary/aromatic N) is 2. The average molecular weight is 269 g/mol. The molecule has 0 amide bonds. The van der Waals surface area contributed by atoms with Gasteiger partial charge in [-0.15, -0.1) is 0 Å². The summed E-state index contributed by atoms with van der Waals surface area (Å²) in [6.07, 6.45) is 3.70. The fourth-order valence-corrected chi connectivity index (χ4v) is 1.72. The summed E-state index contributed by atoms with van der Waals surface area (Å²) in [5, 5.41) is 15.4. The molecule has 90 valence electrons. The van der Waals surface area contributed by atoms with Crippen LogP contribution in [0.5, 0.6) is 0 Å². The quantitative estimate of drug-likeness (QED) is 0.383. The maximum absolute atomic E-state index is 8.58. The van der Waals surface area contributed by atoms with Gasteiger partial charge in [0.25, 0.3) is 0 Å². The summed E-state index contributed by atoms with van der Waals surface area (Å²) in [7, 11) is 0. The van der Waals surface area contributed by atoms with Gasteiger partial charge in [-0.2, -0.15) is 5.26 Å². The van der Waals surface area contributed by atoms with Gasteiger partial charge in [0.05, 0.1) is 11.4 Å². The second-order valence-corrected chi connectivity index (χ2v) is 4.28. The molecular weight excluding hydrogens is 256 g/mol. The molecule has 0 saturated heterocycles. The van der Waals surface area contributed by atoms with E-state index in [-0.39, 0.29) is 0 Å². The van der Waals surface area contributed by atoms with Gasteiger partial charge in [0.15, 0.2) is 11.4 Å². The van der Waals surface area contributed by atoms with Crippen LogP contribution in [0, 0.1) is 11.5 Å². The second-order valence-electron chi connectivity index (χ2n) is 3.05. The van der Waals surface area contributed by atoms with Gasteiger partial charge in [0.2, 0.25) is 0 Å². The molecule has 0 bridgehead atoms. The normalized spacial score (nSPS) is 10.8. The molecule has 0 fully saturated rings. The summed E-state index contributed by atoms with van der Waals surface area (Å²) in [6.45, 7) is 2.80. The number of halogens is 1. The van der Waals surface area contributed by atoms with Crippen LogP contribution in [0.15, 0.2) is 23.2 Å². The molecule has 0 heterocycles. The summed E-state index contributed by atoms with van der Waals surface area (Å²) in [4.78, 5) is 4.35. The second kappa shape index (κ2) is 7.05. The van der Waals surface area contributed by atoms with E-state index in [0.29, 0.717) is 15.9 Å². The van der Waals surface area contributed by atoms with Crippen molar-refractivity contribution in [2.24, 2.45) is 4.99 Å². The summed E-state index contributed by atoms with van der Waals surface area (Å²) >= 11 is 7.30. The van der Waals surface area contributed by atoms with Gasteiger partial charge < -0.3 is 5.32 Å². The molecule has 4 nitrogen and oxygen atoms in total. The lowest BCUT2D eigenvalue weighted by molar-refractivity contribution is 1.21. The number of nitriles is 1. The fraction of sp³-hybridized carbons (Fsp3) is 0.273. The molecule has 0 aliphatic carbocycles. The van der Waals surface area contributed by atoms with Crippen molar-refractivity contribution in [2.45, 2.75) is 6.92 Å². The summed E-state index contributed by atoms with van der Waals surface area (Å²) < 4.78 is 0. The molecule has 0 unspecified atom stereocenters. The van der Waals surface area contributed by atoms with Crippen LogP contribution in [-0.2, 0) is 0 Å². The Kier molecular flexibility index (Phi) is 5.67. The molecule has 0 aliphatic rings. The number of anilines is 1. The molecule has 1 aromatic carbocycles. The van der Waals surface area contributed by atoms with Crippen molar-refractivity contribution in [3.8, 4) is 6.19 Å². The number of nitrogens with one attached hydrogen (secondary N) is 2. The first kappa shape index (κ1) is 13.7. The highest BCUT2D eigenvalue weighted by atomic mass is 35.5. The van der Waals surface area contributed by atoms with Crippen molar-refractivity contribution >= 4 is 39.9 Å². The smallest absolute Gasteiger partial charge is 0.183 e. The van der Waals surface area contributed by atoms with Crippen LogP contribution in [0.25, 0.3) is 0 Å². The van der Waals surface area contributed by atoms with Gasteiger partial charge in [-0.25, -0.2) is 4.99 Å². The number of benzene rings is 1. The minimum absolute atomic E-state index is 0.536. The van der Waals surface area contributed by atoms with Gasteiger partial charge in [0.1, 0.15) is 0 Å². The molecule has 6 heteroatoms. The lowest BCUT2D eigenvalue weighted by atomic mass is 10.2. The van der Waals surface area contributed by atoms with E-state index in [2.05, 4.69) is 15.6 Å². The molecule has 1 rings (SSSR count). The largest absolute Gasteiger partial charge is 0.384 e. The first-order chi connectivity index (χ1) is 8.21. The number of amidine groups is 1. The monoisotopic (exact) mass is 268 g/mol. The van der Waals surface area contributed by atoms with Crippen LogP contribution < -0.4 is 10.6 Å². The van der Waals surface area contributed by atoms with E-state index < -0.39 is 0 Å². The third-order valence-corrected chi connectivity index (χ3v) is 2.72. The Balaban J connectivity index is 3.10. The number of hydrogen-bond acceptors (Lipinski definition) is 4. The third kappa shape index (κ3) is 4.17. The van der Waals surface area contributed by atoms with Gasteiger partial charge in [-0.1, -0.05) is 23.4 Å². The summed E-state index contributed by atoms with van der Waals surface area (Å²) in [6, 6.07) is 5.43. The van der Waals surface area contributed by atoms with Gasteiger partial charge in [0, 0.05) is 11.6 Å². The first-order valence-corrected chi connectivity index (χ1v) is 6.62. The molecule has 0 saturated carbocycles. The highest BCUT2D eigenvalue weighted by Crippen LogP contribution is 2.29. The van der Waals surface area contributed by atoms with E-state index in [1.54, 1.807) is 12.1 Å². The molecule has 17 heavy (non-hydrogen) atoms. The SMILES string of the molecule is CCNc1ccc(Cl)cc1N=C(NC#N)SC. The Hall–Kier alpha value is -1.38. The van der Waals surface area contributed by atoms with Crippen molar-refractivity contribution in [3.05, 3.63) is 23.2 Å². The lowest BCUT2D eigenvalue weighted by Gasteiger charge is -2.08. The minimum atomic E-state index is 0.536. The Morgan fingerprint density at radius 1 is 1.59 bits per heavy atom. The van der Waals surface area contributed by atoms with Gasteiger partial charge >= 0.3 is 0 Å². The zero-order valence-corrected chi connectivity index (χ0v) is 11.2. The predicted molar refractivity (Wildman–Crippen MR) is 75.0 cm³/mol. The van der Waals surface area contributed by atoms with Crippen LogP contribution in [0.3, 0.4) is 0 Å². The molecule has 0 radical (unpaired) electrons. The predicted octanol–water partition coefficient (Wildman–Crippen LogP) is 3.19. The molecule has 0 aromatic heterocycles. The summed E-state index contributed by atoms with van der Waals surface area (Å²) in [5.41, 5.74) is 1.61. The summed E-state index contributed by atoms with van der Waals surface area (Å²) in [5.74, 6) is 0. The number of rotatable bonds is 3. The van der Waals surface area contributed by atoms with Crippen molar-refractivity contribution < 1.29 is 0 Å². The van der Waals surface area contributed by atoms with Crippen LogP contribution in [0.4, 0.5) is 11.4 Å². The zero-order chi connectivity index (χ0) is 12.7. The maximum Gasteiger partial charge on any atom is 0.183 e. The van der Waals surface area contributed by atoms with E-state index in [9.17, 15) is 0 Å². The van der Waals surface area contributed by atoms with Crippen LogP contribution in [0.1, 0.15) is 6.92 Å². The Morgan fingerprint density at radius 2 is 2.35 bits per heavy atom. The van der Waals surface area contributed by atoms with Crippen LogP contribution >= 0.6 is 23.4 Å². The Labute approximate surface area is 110 Å². The number of hydrogen-bond donors (Lipinski definition) is 2. The zero-order valence-electron chi connectivity index (χ0n) is 9.62. The van der Waals surface area contributed by atoms with E-state index in [0.717, 1.165) is 12.2 Å². The van der Waals surface area contributed by atoms with E-state index in [1.165, 1.54) is 11.8 Å². The van der Waals surface area contributed by atoms with Crippen molar-refractivity contribution in [2.75, 3.05) is 18.1 Å².